The SMILES string of the molecule is CCCCC(C)(CC)c1ccc(-c2ccc(N(C3=CC=CC(F)C3)C(C)(CC)CCCC)cc2)cc1. The van der Waals surface area contributed by atoms with Gasteiger partial charge in [-0.05, 0) is 72.9 Å². The second-order valence-corrected chi connectivity index (χ2v) is 11.2. The van der Waals surface area contributed by atoms with Crippen LogP contribution in [0.25, 0.3) is 11.1 Å². The Balaban J connectivity index is 1.90. The fourth-order valence-electron chi connectivity index (χ4n) is 5.58. The first-order valence-electron chi connectivity index (χ1n) is 14.3. The molecule has 0 aliphatic heterocycles. The van der Waals surface area contributed by atoms with Crippen molar-refractivity contribution in [2.75, 3.05) is 4.90 Å². The Kier molecular flexibility index (Phi) is 10.00. The molecule has 0 aromatic heterocycles. The monoisotopic (exact) mass is 489 g/mol. The van der Waals surface area contributed by atoms with E-state index >= 15 is 0 Å². The summed E-state index contributed by atoms with van der Waals surface area (Å²) in [7, 11) is 0. The van der Waals surface area contributed by atoms with E-state index in [0.717, 1.165) is 30.6 Å². The van der Waals surface area contributed by atoms with E-state index < -0.39 is 6.17 Å². The molecule has 3 atom stereocenters. The molecule has 0 N–H and O–H groups in total. The minimum absolute atomic E-state index is 0.0427. The van der Waals surface area contributed by atoms with Gasteiger partial charge in [0.1, 0.15) is 6.17 Å². The van der Waals surface area contributed by atoms with Crippen molar-refractivity contribution in [3.8, 4) is 11.1 Å². The molecule has 0 bridgehead atoms. The molecule has 2 heteroatoms. The quantitative estimate of drug-likeness (QED) is 0.270. The molecule has 3 unspecified atom stereocenters. The molecule has 36 heavy (non-hydrogen) atoms. The third-order valence-corrected chi connectivity index (χ3v) is 8.57. The minimum Gasteiger partial charge on any atom is -0.339 e. The van der Waals surface area contributed by atoms with Crippen LogP contribution in [0.4, 0.5) is 10.1 Å². The summed E-state index contributed by atoms with van der Waals surface area (Å²) < 4.78 is 14.4. The normalized spacial score (nSPS) is 18.9. The summed E-state index contributed by atoms with van der Waals surface area (Å²) >= 11 is 0. The van der Waals surface area contributed by atoms with E-state index in [2.05, 4.69) is 101 Å². The van der Waals surface area contributed by atoms with Gasteiger partial charge in [-0.15, -0.1) is 0 Å². The average molecular weight is 490 g/mol. The van der Waals surface area contributed by atoms with Crippen LogP contribution in [-0.2, 0) is 5.41 Å². The van der Waals surface area contributed by atoms with Gasteiger partial charge in [-0.3, -0.25) is 0 Å². The summed E-state index contributed by atoms with van der Waals surface area (Å²) in [6.07, 6.45) is 14.5. The highest BCUT2D eigenvalue weighted by Crippen LogP contribution is 2.39. The zero-order valence-electron chi connectivity index (χ0n) is 23.6. The van der Waals surface area contributed by atoms with Gasteiger partial charge in [0.15, 0.2) is 0 Å². The number of anilines is 1. The molecular formula is C34H48FN. The highest BCUT2D eigenvalue weighted by molar-refractivity contribution is 5.68. The number of hydrogen-bond acceptors (Lipinski definition) is 1. The predicted molar refractivity (Wildman–Crippen MR) is 156 cm³/mol. The first kappa shape index (κ1) is 28.2. The van der Waals surface area contributed by atoms with Crippen molar-refractivity contribution in [3.63, 3.8) is 0 Å². The van der Waals surface area contributed by atoms with Crippen molar-refractivity contribution in [1.82, 2.24) is 0 Å². The second kappa shape index (κ2) is 12.7. The van der Waals surface area contributed by atoms with Gasteiger partial charge in [0.2, 0.25) is 0 Å². The van der Waals surface area contributed by atoms with Gasteiger partial charge in [-0.25, -0.2) is 4.39 Å². The number of unbranched alkanes of at least 4 members (excludes halogenated alkanes) is 2. The molecule has 2 aromatic rings. The maximum Gasteiger partial charge on any atom is 0.124 e. The smallest absolute Gasteiger partial charge is 0.124 e. The maximum atomic E-state index is 14.4. The van der Waals surface area contributed by atoms with Crippen molar-refractivity contribution in [2.45, 2.75) is 116 Å². The highest BCUT2D eigenvalue weighted by Gasteiger charge is 2.33. The lowest BCUT2D eigenvalue weighted by Gasteiger charge is -2.45. The van der Waals surface area contributed by atoms with Gasteiger partial charge >= 0.3 is 0 Å². The molecule has 0 radical (unpaired) electrons. The average Bonchev–Trinajstić information content (AvgIpc) is 2.91. The van der Waals surface area contributed by atoms with Gasteiger partial charge in [0, 0.05) is 23.3 Å². The van der Waals surface area contributed by atoms with E-state index in [-0.39, 0.29) is 11.0 Å². The van der Waals surface area contributed by atoms with Crippen LogP contribution in [0.2, 0.25) is 0 Å². The number of nitrogens with zero attached hydrogens (tertiary/aromatic N) is 1. The molecule has 1 nitrogen and oxygen atoms in total. The molecular weight excluding hydrogens is 441 g/mol. The molecule has 2 aromatic carbocycles. The minimum atomic E-state index is -0.913. The number of hydrogen-bond donors (Lipinski definition) is 0. The van der Waals surface area contributed by atoms with E-state index in [9.17, 15) is 4.39 Å². The Bertz CT molecular complexity index is 1000. The third-order valence-electron chi connectivity index (χ3n) is 8.57. The number of rotatable bonds is 13. The summed E-state index contributed by atoms with van der Waals surface area (Å²) in [6.45, 7) is 13.8. The predicted octanol–water partition coefficient (Wildman–Crippen LogP) is 10.6. The van der Waals surface area contributed by atoms with Crippen molar-refractivity contribution in [2.24, 2.45) is 0 Å². The van der Waals surface area contributed by atoms with Gasteiger partial charge < -0.3 is 4.90 Å². The molecule has 0 fully saturated rings. The Hall–Kier alpha value is -2.35. The molecule has 1 aliphatic rings. The zero-order valence-corrected chi connectivity index (χ0v) is 23.6. The van der Waals surface area contributed by atoms with Crippen molar-refractivity contribution in [1.29, 1.82) is 0 Å². The Morgan fingerprint density at radius 3 is 1.92 bits per heavy atom. The summed E-state index contributed by atoms with van der Waals surface area (Å²) in [4.78, 5) is 2.42. The molecule has 3 rings (SSSR count). The Morgan fingerprint density at radius 2 is 1.39 bits per heavy atom. The van der Waals surface area contributed by atoms with E-state index in [1.807, 2.05) is 6.08 Å². The van der Waals surface area contributed by atoms with E-state index in [1.165, 1.54) is 48.8 Å². The zero-order chi connectivity index (χ0) is 26.2. The summed E-state index contributed by atoms with van der Waals surface area (Å²) in [5.74, 6) is 0. The van der Waals surface area contributed by atoms with Crippen LogP contribution >= 0.6 is 0 Å². The maximum absolute atomic E-state index is 14.4. The lowest BCUT2D eigenvalue weighted by molar-refractivity contribution is 0.355. The fourth-order valence-corrected chi connectivity index (χ4v) is 5.58. The van der Waals surface area contributed by atoms with E-state index in [4.69, 9.17) is 0 Å². The largest absolute Gasteiger partial charge is 0.339 e. The van der Waals surface area contributed by atoms with Crippen LogP contribution in [0.3, 0.4) is 0 Å². The van der Waals surface area contributed by atoms with Crippen LogP contribution in [-0.4, -0.2) is 11.7 Å². The number of halogens is 1. The van der Waals surface area contributed by atoms with E-state index in [0.29, 0.717) is 6.42 Å². The van der Waals surface area contributed by atoms with Crippen molar-refractivity contribution >= 4 is 5.69 Å². The lowest BCUT2D eigenvalue weighted by Crippen LogP contribution is -2.46. The molecule has 196 valence electrons. The molecule has 0 saturated heterocycles. The van der Waals surface area contributed by atoms with Gasteiger partial charge in [0.05, 0.1) is 0 Å². The molecule has 0 spiro atoms. The van der Waals surface area contributed by atoms with Crippen molar-refractivity contribution in [3.05, 3.63) is 78.0 Å². The summed E-state index contributed by atoms with van der Waals surface area (Å²) in [6, 6.07) is 18.1. The third kappa shape index (κ3) is 6.50. The fraction of sp³-hybridized carbons (Fsp3) is 0.529. The van der Waals surface area contributed by atoms with Gasteiger partial charge in [0.25, 0.3) is 0 Å². The van der Waals surface area contributed by atoms with Crippen LogP contribution < -0.4 is 4.90 Å². The topological polar surface area (TPSA) is 3.24 Å². The second-order valence-electron chi connectivity index (χ2n) is 11.2. The molecule has 1 aliphatic carbocycles. The summed E-state index contributed by atoms with van der Waals surface area (Å²) in [5, 5.41) is 0. The van der Waals surface area contributed by atoms with Crippen LogP contribution in [0.1, 0.15) is 105 Å². The van der Waals surface area contributed by atoms with Crippen LogP contribution in [0.15, 0.2) is 72.5 Å². The van der Waals surface area contributed by atoms with Gasteiger partial charge in [-0.2, -0.15) is 0 Å². The van der Waals surface area contributed by atoms with Crippen molar-refractivity contribution < 1.29 is 4.39 Å². The number of alkyl halides is 1. The molecule has 0 amide bonds. The van der Waals surface area contributed by atoms with Crippen LogP contribution in [0.5, 0.6) is 0 Å². The molecule has 0 saturated carbocycles. The standard InChI is InChI=1S/C34H48FN/c1-7-11-24-33(5,9-3)29-20-16-27(17-21-29)28-18-22-31(23-19-28)36(32-15-13-14-30(35)26-32)34(6,10-4)25-12-8-2/h13-23,30H,7-12,24-26H2,1-6H3. The van der Waals surface area contributed by atoms with Gasteiger partial charge in [-0.1, -0.05) is 109 Å². The Morgan fingerprint density at radius 1 is 0.806 bits per heavy atom. The highest BCUT2D eigenvalue weighted by atomic mass is 19.1. The first-order chi connectivity index (χ1) is 17.3. The Labute approximate surface area is 220 Å². The van der Waals surface area contributed by atoms with Crippen LogP contribution in [0, 0.1) is 0 Å². The first-order valence-corrected chi connectivity index (χ1v) is 14.3. The lowest BCUT2D eigenvalue weighted by atomic mass is 9.76. The molecule has 0 heterocycles. The number of benzene rings is 2. The number of allylic oxidation sites excluding steroid dienone is 4. The summed E-state index contributed by atoms with van der Waals surface area (Å²) in [5.41, 5.74) is 6.36. The van der Waals surface area contributed by atoms with E-state index in [1.54, 1.807) is 6.08 Å².